The molecule has 0 spiro atoms. The number of carbonyl (C=O) groups excluding carboxylic acids is 1. The molecule has 4 heteroatoms. The van der Waals surface area contributed by atoms with Crippen LogP contribution in [0.2, 0.25) is 0 Å². The number of aliphatic hydroxyl groups is 1. The molecule has 0 aromatic carbocycles. The molecule has 0 bridgehead atoms. The number of hydrogen-bond acceptors (Lipinski definition) is 4. The molecule has 0 aromatic rings. The average molecular weight is 351 g/mol. The Morgan fingerprint density at radius 2 is 1.52 bits per heavy atom. The van der Waals surface area contributed by atoms with Crippen LogP contribution in [-0.2, 0) is 4.79 Å². The average Bonchev–Trinajstić information content (AvgIpc) is 2.45. The first kappa shape index (κ1) is 20.6. The van der Waals surface area contributed by atoms with E-state index < -0.39 is 17.1 Å². The largest absolute Gasteiger partial charge is 0.389 e. The number of hydrogen-bond donors (Lipinski definition) is 2. The fourth-order valence-electron chi connectivity index (χ4n) is 5.33. The molecule has 1 atom stereocenters. The Morgan fingerprint density at radius 3 is 2.00 bits per heavy atom. The van der Waals surface area contributed by atoms with E-state index in [1.54, 1.807) is 0 Å². The lowest BCUT2D eigenvalue weighted by Crippen LogP contribution is -2.56. The first-order chi connectivity index (χ1) is 11.6. The van der Waals surface area contributed by atoms with E-state index in [4.69, 9.17) is 10.7 Å². The number of carbonyl (C=O) groups is 1. The summed E-state index contributed by atoms with van der Waals surface area (Å²) in [5.41, 5.74) is 5.59. The van der Waals surface area contributed by atoms with Crippen LogP contribution in [0, 0.1) is 5.92 Å². The van der Waals surface area contributed by atoms with Gasteiger partial charge >= 0.3 is 0 Å². The number of Topliss-reactive ketones (excluding diaryl/α,β-unsaturated/α-hetero) is 1. The van der Waals surface area contributed by atoms with E-state index in [2.05, 4.69) is 0 Å². The molecule has 3 N–H and O–H groups in total. The summed E-state index contributed by atoms with van der Waals surface area (Å²) in [4.78, 5) is 18.2. The van der Waals surface area contributed by atoms with Crippen LogP contribution in [0.4, 0.5) is 0 Å². The molecule has 1 unspecified atom stereocenters. The summed E-state index contributed by atoms with van der Waals surface area (Å²) in [6.07, 6.45) is 10.1. The molecule has 0 heterocycles. The molecular formula is C21H38N2O2. The number of nitrogens with two attached hydrogens (primary N) is 1. The molecule has 2 rings (SSSR count). The highest BCUT2D eigenvalue weighted by atomic mass is 16.3. The molecule has 144 valence electrons. The van der Waals surface area contributed by atoms with Crippen LogP contribution in [0.3, 0.4) is 0 Å². The van der Waals surface area contributed by atoms with E-state index in [0.717, 1.165) is 50.7 Å². The van der Waals surface area contributed by atoms with E-state index in [1.807, 2.05) is 27.7 Å². The van der Waals surface area contributed by atoms with Gasteiger partial charge < -0.3 is 10.8 Å². The first-order valence-electron chi connectivity index (χ1n) is 10.2. The maximum atomic E-state index is 13.4. The Kier molecular flexibility index (Phi) is 6.48. The molecule has 0 amide bonds. The van der Waals surface area contributed by atoms with Crippen molar-refractivity contribution >= 4 is 11.5 Å². The standard InChI is InChI=1S/C21H38N2O2/c1-16(2)23-19(3,4)18(21(25)13-9-6-10-14-21)17(24)15-20(22)11-7-5-8-12-20/h18,25H,5-15,22H2,1-4H3. The molecule has 25 heavy (non-hydrogen) atoms. The topological polar surface area (TPSA) is 75.7 Å². The molecule has 0 radical (unpaired) electrons. The van der Waals surface area contributed by atoms with Crippen molar-refractivity contribution in [3.63, 3.8) is 0 Å². The highest BCUT2D eigenvalue weighted by Gasteiger charge is 2.51. The Hall–Kier alpha value is -0.740. The zero-order valence-corrected chi connectivity index (χ0v) is 16.7. The van der Waals surface area contributed by atoms with E-state index >= 15 is 0 Å². The van der Waals surface area contributed by atoms with Crippen molar-refractivity contribution in [2.75, 3.05) is 0 Å². The Morgan fingerprint density at radius 1 is 1.04 bits per heavy atom. The second kappa shape index (κ2) is 7.87. The summed E-state index contributed by atoms with van der Waals surface area (Å²) in [5.74, 6) is -0.360. The van der Waals surface area contributed by atoms with Gasteiger partial charge in [0, 0.05) is 17.7 Å². The minimum atomic E-state index is -0.942. The van der Waals surface area contributed by atoms with Crippen molar-refractivity contribution in [3.8, 4) is 0 Å². The van der Waals surface area contributed by atoms with Gasteiger partial charge in [-0.25, -0.2) is 0 Å². The predicted molar refractivity (Wildman–Crippen MR) is 104 cm³/mol. The van der Waals surface area contributed by atoms with E-state index in [9.17, 15) is 9.90 Å². The molecule has 2 aliphatic rings. The van der Waals surface area contributed by atoms with Gasteiger partial charge in [0.05, 0.1) is 17.1 Å². The lowest BCUT2D eigenvalue weighted by atomic mass is 9.64. The quantitative estimate of drug-likeness (QED) is 0.706. The maximum Gasteiger partial charge on any atom is 0.143 e. The Labute approximate surface area is 153 Å². The molecule has 0 saturated heterocycles. The van der Waals surface area contributed by atoms with E-state index in [0.29, 0.717) is 19.3 Å². The summed E-state index contributed by atoms with van der Waals surface area (Å²) < 4.78 is 0. The van der Waals surface area contributed by atoms with Crippen LogP contribution in [0.25, 0.3) is 0 Å². The van der Waals surface area contributed by atoms with Gasteiger partial charge in [-0.3, -0.25) is 9.79 Å². The second-order valence-corrected chi connectivity index (χ2v) is 9.38. The van der Waals surface area contributed by atoms with E-state index in [1.165, 1.54) is 6.42 Å². The third-order valence-electron chi connectivity index (χ3n) is 6.17. The van der Waals surface area contributed by atoms with Gasteiger partial charge in [0.1, 0.15) is 5.78 Å². The van der Waals surface area contributed by atoms with Gasteiger partial charge in [0.2, 0.25) is 0 Å². The zero-order valence-electron chi connectivity index (χ0n) is 16.7. The van der Waals surface area contributed by atoms with Crippen LogP contribution < -0.4 is 5.73 Å². The predicted octanol–water partition coefficient (Wildman–Crippen LogP) is 4.18. The van der Waals surface area contributed by atoms with Crippen LogP contribution in [0.1, 0.15) is 98.3 Å². The Balaban J connectivity index is 2.30. The highest BCUT2D eigenvalue weighted by Crippen LogP contribution is 2.43. The smallest absolute Gasteiger partial charge is 0.143 e. The molecule has 2 saturated carbocycles. The fraction of sp³-hybridized carbons (Fsp3) is 0.905. The van der Waals surface area contributed by atoms with Gasteiger partial charge in [0.15, 0.2) is 0 Å². The van der Waals surface area contributed by atoms with Gasteiger partial charge in [-0.05, 0) is 53.4 Å². The van der Waals surface area contributed by atoms with Gasteiger partial charge in [-0.1, -0.05) is 38.5 Å². The molecule has 2 fully saturated rings. The monoisotopic (exact) mass is 350 g/mol. The minimum absolute atomic E-state index is 0.115. The van der Waals surface area contributed by atoms with Gasteiger partial charge in [-0.2, -0.15) is 0 Å². The maximum absolute atomic E-state index is 13.4. The third kappa shape index (κ3) is 5.13. The minimum Gasteiger partial charge on any atom is -0.389 e. The van der Waals surface area contributed by atoms with Crippen molar-refractivity contribution in [2.45, 2.75) is 115 Å². The number of ketones is 1. The van der Waals surface area contributed by atoms with Gasteiger partial charge in [-0.15, -0.1) is 0 Å². The summed E-state index contributed by atoms with van der Waals surface area (Å²) in [5, 5.41) is 11.4. The number of rotatable bonds is 6. The van der Waals surface area contributed by atoms with Crippen LogP contribution in [0.15, 0.2) is 4.99 Å². The highest BCUT2D eigenvalue weighted by molar-refractivity contribution is 5.86. The second-order valence-electron chi connectivity index (χ2n) is 9.38. The van der Waals surface area contributed by atoms with E-state index in [-0.39, 0.29) is 11.3 Å². The molecule has 4 nitrogen and oxygen atoms in total. The van der Waals surface area contributed by atoms with Crippen LogP contribution >= 0.6 is 0 Å². The first-order valence-corrected chi connectivity index (χ1v) is 10.2. The lowest BCUT2D eigenvalue weighted by Gasteiger charge is -2.46. The lowest BCUT2D eigenvalue weighted by molar-refractivity contribution is -0.142. The zero-order chi connectivity index (χ0) is 18.7. The summed E-state index contributed by atoms with van der Waals surface area (Å²) in [7, 11) is 0. The SMILES string of the molecule is CC(C)=NC(C)(C)C(C(=O)CC1(N)CCCCC1)C1(O)CCCCC1. The normalized spacial score (nSPS) is 24.4. The molecule has 0 aromatic heterocycles. The van der Waals surface area contributed by atoms with Crippen molar-refractivity contribution in [1.29, 1.82) is 0 Å². The summed E-state index contributed by atoms with van der Waals surface area (Å²) in [6.45, 7) is 7.91. The Bertz CT molecular complexity index is 494. The molecule has 2 aliphatic carbocycles. The third-order valence-corrected chi connectivity index (χ3v) is 6.17. The van der Waals surface area contributed by atoms with Crippen molar-refractivity contribution in [3.05, 3.63) is 0 Å². The number of nitrogens with zero attached hydrogens (tertiary/aromatic N) is 1. The van der Waals surface area contributed by atoms with Gasteiger partial charge in [0.25, 0.3) is 0 Å². The van der Waals surface area contributed by atoms with Crippen molar-refractivity contribution in [1.82, 2.24) is 0 Å². The fourth-order valence-corrected chi connectivity index (χ4v) is 5.33. The van der Waals surface area contributed by atoms with Crippen LogP contribution in [-0.4, -0.2) is 33.3 Å². The number of aliphatic imine (C=N–C) groups is 1. The molecular weight excluding hydrogens is 312 g/mol. The van der Waals surface area contributed by atoms with Crippen LogP contribution in [0.5, 0.6) is 0 Å². The van der Waals surface area contributed by atoms with Crippen molar-refractivity contribution < 1.29 is 9.90 Å². The van der Waals surface area contributed by atoms with Crippen molar-refractivity contribution in [2.24, 2.45) is 16.6 Å². The summed E-state index contributed by atoms with van der Waals surface area (Å²) in [6, 6.07) is 0. The summed E-state index contributed by atoms with van der Waals surface area (Å²) >= 11 is 0. The molecule has 0 aliphatic heterocycles.